The van der Waals surface area contributed by atoms with Gasteiger partial charge in [0.1, 0.15) is 12.3 Å². The van der Waals surface area contributed by atoms with E-state index in [1.54, 1.807) is 25.3 Å². The number of amides is 1. The van der Waals surface area contributed by atoms with E-state index in [-0.39, 0.29) is 18.9 Å². The number of halogens is 1. The molecule has 0 atom stereocenters. The van der Waals surface area contributed by atoms with Crippen LogP contribution in [0.1, 0.15) is 11.3 Å². The monoisotopic (exact) mass is 465 g/mol. The Morgan fingerprint density at radius 3 is 2.70 bits per heavy atom. The molecule has 0 aliphatic heterocycles. The summed E-state index contributed by atoms with van der Waals surface area (Å²) in [4.78, 5) is 16.9. The summed E-state index contributed by atoms with van der Waals surface area (Å²) in [5.74, 6) is 1.02. The van der Waals surface area contributed by atoms with Crippen molar-refractivity contribution in [2.45, 2.75) is 13.0 Å². The minimum Gasteiger partial charge on any atom is -0.493 e. The molecule has 1 amide bonds. The first-order valence-electron chi connectivity index (χ1n) is 9.38. The summed E-state index contributed by atoms with van der Waals surface area (Å²) in [6.45, 7) is 0.286. The van der Waals surface area contributed by atoms with Crippen molar-refractivity contribution in [2.75, 3.05) is 12.4 Å². The smallest absolute Gasteiger partial charge is 0.228 e. The van der Waals surface area contributed by atoms with E-state index < -0.39 is 0 Å². The van der Waals surface area contributed by atoms with Crippen molar-refractivity contribution in [1.82, 2.24) is 9.38 Å². The molecule has 152 valence electrons. The molecule has 4 rings (SSSR count). The van der Waals surface area contributed by atoms with Gasteiger partial charge >= 0.3 is 0 Å². The Kier molecular flexibility index (Phi) is 5.99. The van der Waals surface area contributed by atoms with Crippen molar-refractivity contribution in [3.8, 4) is 11.5 Å². The molecule has 0 aliphatic rings. The Bertz CT molecular complexity index is 1140. The number of anilines is 1. The fraction of sp³-hybridized carbons (Fsp3) is 0.130. The average Bonchev–Trinajstić information content (AvgIpc) is 3.17. The van der Waals surface area contributed by atoms with Gasteiger partial charge in [0.25, 0.3) is 0 Å². The molecule has 0 fully saturated rings. The van der Waals surface area contributed by atoms with Gasteiger partial charge in [-0.1, -0.05) is 34.1 Å². The van der Waals surface area contributed by atoms with E-state index in [1.807, 2.05) is 59.3 Å². The van der Waals surface area contributed by atoms with Crippen LogP contribution in [0.4, 0.5) is 5.69 Å². The normalized spacial score (nSPS) is 10.7. The van der Waals surface area contributed by atoms with Gasteiger partial charge in [-0.2, -0.15) is 0 Å². The summed E-state index contributed by atoms with van der Waals surface area (Å²) >= 11 is 3.40. The molecule has 0 radical (unpaired) electrons. The first-order valence-corrected chi connectivity index (χ1v) is 10.2. The fourth-order valence-corrected chi connectivity index (χ4v) is 3.33. The zero-order valence-corrected chi connectivity index (χ0v) is 17.9. The largest absolute Gasteiger partial charge is 0.493 e. The van der Waals surface area contributed by atoms with E-state index in [0.717, 1.165) is 21.4 Å². The van der Waals surface area contributed by atoms with Crippen LogP contribution in [0.25, 0.3) is 5.65 Å². The van der Waals surface area contributed by atoms with Gasteiger partial charge < -0.3 is 19.2 Å². The molecule has 0 saturated carbocycles. The minimum atomic E-state index is -0.103. The lowest BCUT2D eigenvalue weighted by atomic mass is 10.1. The van der Waals surface area contributed by atoms with Gasteiger partial charge in [0.2, 0.25) is 5.91 Å². The van der Waals surface area contributed by atoms with Gasteiger partial charge in [-0.3, -0.25) is 4.79 Å². The Balaban J connectivity index is 1.44. The number of nitrogens with one attached hydrogen (secondary N) is 1. The van der Waals surface area contributed by atoms with Crippen molar-refractivity contribution < 1.29 is 14.3 Å². The second kappa shape index (κ2) is 9.00. The van der Waals surface area contributed by atoms with E-state index in [2.05, 4.69) is 26.2 Å². The highest BCUT2D eigenvalue weighted by molar-refractivity contribution is 9.10. The standard InChI is InChI=1S/C23H20BrN3O3/c1-29-20-10-9-18(26-23(28)12-16-5-7-17(24)8-6-16)13-21(20)30-15-19-14-27-11-3-2-4-22(27)25-19/h2-11,13-14H,12,15H2,1H3,(H,26,28). The zero-order valence-electron chi connectivity index (χ0n) is 16.3. The fourth-order valence-electron chi connectivity index (χ4n) is 3.07. The van der Waals surface area contributed by atoms with E-state index in [4.69, 9.17) is 9.47 Å². The summed E-state index contributed by atoms with van der Waals surface area (Å²) in [6, 6.07) is 18.8. The van der Waals surface area contributed by atoms with E-state index in [9.17, 15) is 4.79 Å². The van der Waals surface area contributed by atoms with E-state index >= 15 is 0 Å². The number of pyridine rings is 1. The van der Waals surface area contributed by atoms with Gasteiger partial charge in [-0.05, 0) is 42.0 Å². The van der Waals surface area contributed by atoms with Crippen LogP contribution in [0.2, 0.25) is 0 Å². The molecular weight excluding hydrogens is 446 g/mol. The van der Waals surface area contributed by atoms with Crippen molar-refractivity contribution >= 4 is 33.2 Å². The van der Waals surface area contributed by atoms with Crippen LogP contribution < -0.4 is 14.8 Å². The molecule has 6 nitrogen and oxygen atoms in total. The van der Waals surface area contributed by atoms with Gasteiger partial charge in [0, 0.05) is 28.6 Å². The number of rotatable bonds is 7. The number of carbonyl (C=O) groups excluding carboxylic acids is 1. The lowest BCUT2D eigenvalue weighted by molar-refractivity contribution is -0.115. The Morgan fingerprint density at radius 1 is 1.10 bits per heavy atom. The third-order valence-corrected chi connectivity index (χ3v) is 5.04. The Morgan fingerprint density at radius 2 is 1.93 bits per heavy atom. The highest BCUT2D eigenvalue weighted by atomic mass is 79.9. The van der Waals surface area contributed by atoms with Gasteiger partial charge in [0.15, 0.2) is 11.5 Å². The van der Waals surface area contributed by atoms with Crippen LogP contribution in [0.5, 0.6) is 11.5 Å². The highest BCUT2D eigenvalue weighted by Crippen LogP contribution is 2.31. The number of benzene rings is 2. The molecule has 4 aromatic rings. The quantitative estimate of drug-likeness (QED) is 0.422. The number of aromatic nitrogens is 2. The predicted molar refractivity (Wildman–Crippen MR) is 119 cm³/mol. The number of fused-ring (bicyclic) bond motifs is 1. The number of hydrogen-bond donors (Lipinski definition) is 1. The SMILES string of the molecule is COc1ccc(NC(=O)Cc2ccc(Br)cc2)cc1OCc1cn2ccccc2n1. The maximum absolute atomic E-state index is 12.4. The van der Waals surface area contributed by atoms with E-state index in [1.165, 1.54) is 0 Å². The van der Waals surface area contributed by atoms with Crippen LogP contribution in [0.15, 0.2) is 77.5 Å². The first-order chi connectivity index (χ1) is 14.6. The Hall–Kier alpha value is -3.32. The minimum absolute atomic E-state index is 0.103. The van der Waals surface area contributed by atoms with Crippen molar-refractivity contribution in [1.29, 1.82) is 0 Å². The lowest BCUT2D eigenvalue weighted by Crippen LogP contribution is -2.14. The molecule has 2 heterocycles. The number of ether oxygens (including phenoxy) is 2. The zero-order chi connectivity index (χ0) is 20.9. The second-order valence-electron chi connectivity index (χ2n) is 6.70. The second-order valence-corrected chi connectivity index (χ2v) is 7.62. The number of imidazole rings is 1. The Labute approximate surface area is 182 Å². The molecule has 30 heavy (non-hydrogen) atoms. The maximum Gasteiger partial charge on any atom is 0.228 e. The van der Waals surface area contributed by atoms with Crippen LogP contribution in [0.3, 0.4) is 0 Å². The molecule has 0 aliphatic carbocycles. The third kappa shape index (κ3) is 4.80. The van der Waals surface area contributed by atoms with Crippen molar-refractivity contribution in [3.63, 3.8) is 0 Å². The maximum atomic E-state index is 12.4. The first kappa shape index (κ1) is 20.0. The van der Waals surface area contributed by atoms with Crippen LogP contribution in [-0.4, -0.2) is 22.4 Å². The lowest BCUT2D eigenvalue weighted by Gasteiger charge is -2.12. The average molecular weight is 466 g/mol. The molecule has 2 aromatic heterocycles. The van der Waals surface area contributed by atoms with Crippen LogP contribution in [-0.2, 0) is 17.8 Å². The summed E-state index contributed by atoms with van der Waals surface area (Å²) in [5, 5.41) is 2.91. The topological polar surface area (TPSA) is 64.9 Å². The van der Waals surface area contributed by atoms with Crippen LogP contribution >= 0.6 is 15.9 Å². The molecule has 2 aromatic carbocycles. The molecular formula is C23H20BrN3O3. The summed E-state index contributed by atoms with van der Waals surface area (Å²) in [7, 11) is 1.58. The van der Waals surface area contributed by atoms with Crippen molar-refractivity contribution in [2.24, 2.45) is 0 Å². The van der Waals surface area contributed by atoms with E-state index in [0.29, 0.717) is 17.2 Å². The van der Waals surface area contributed by atoms with Gasteiger partial charge in [-0.25, -0.2) is 4.98 Å². The summed E-state index contributed by atoms with van der Waals surface area (Å²) in [5.41, 5.74) is 3.24. The number of hydrogen-bond acceptors (Lipinski definition) is 4. The number of carbonyl (C=O) groups is 1. The molecule has 1 N–H and O–H groups in total. The third-order valence-electron chi connectivity index (χ3n) is 4.51. The summed E-state index contributed by atoms with van der Waals surface area (Å²) < 4.78 is 14.3. The number of methoxy groups -OCH3 is 1. The molecule has 0 unspecified atom stereocenters. The molecule has 7 heteroatoms. The van der Waals surface area contributed by atoms with Gasteiger partial charge in [0.05, 0.1) is 19.2 Å². The summed E-state index contributed by atoms with van der Waals surface area (Å²) in [6.07, 6.45) is 4.15. The van der Waals surface area contributed by atoms with Gasteiger partial charge in [-0.15, -0.1) is 0 Å². The number of nitrogens with zero attached hydrogens (tertiary/aromatic N) is 2. The molecule has 0 bridgehead atoms. The van der Waals surface area contributed by atoms with Crippen molar-refractivity contribution in [3.05, 3.63) is 88.8 Å². The molecule has 0 spiro atoms. The van der Waals surface area contributed by atoms with Crippen LogP contribution in [0, 0.1) is 0 Å². The highest BCUT2D eigenvalue weighted by Gasteiger charge is 2.10. The molecule has 0 saturated heterocycles. The predicted octanol–water partition coefficient (Wildman–Crippen LogP) is 4.87.